The first-order chi connectivity index (χ1) is 16.4. The predicted molar refractivity (Wildman–Crippen MR) is 117 cm³/mol. The fourth-order valence-corrected chi connectivity index (χ4v) is 5.69. The van der Waals surface area contributed by atoms with Crippen LogP contribution in [0.15, 0.2) is 30.7 Å². The minimum Gasteiger partial charge on any atom is -0.481 e. The summed E-state index contributed by atoms with van der Waals surface area (Å²) >= 11 is 0. The first-order valence-electron chi connectivity index (χ1n) is 11.2. The van der Waals surface area contributed by atoms with E-state index in [9.17, 15) is 23.1 Å². The summed E-state index contributed by atoms with van der Waals surface area (Å²) in [7, 11) is 0. The fraction of sp³-hybridized carbons (Fsp3) is 0.391. The number of hydrogen-bond acceptors (Lipinski definition) is 5. The van der Waals surface area contributed by atoms with Crippen LogP contribution in [0.4, 0.5) is 19.0 Å². The minimum absolute atomic E-state index is 0.0726. The molecule has 4 heterocycles. The zero-order chi connectivity index (χ0) is 23.6. The van der Waals surface area contributed by atoms with Gasteiger partial charge in [-0.25, -0.2) is 27.7 Å². The lowest BCUT2D eigenvalue weighted by Gasteiger charge is -2.47. The molecule has 0 aromatic carbocycles. The normalized spacial score (nSPS) is 24.4. The second-order valence-corrected chi connectivity index (χ2v) is 9.15. The molecule has 2 bridgehead atoms. The Morgan fingerprint density at radius 1 is 1.21 bits per heavy atom. The van der Waals surface area contributed by atoms with Crippen LogP contribution >= 0.6 is 0 Å². The van der Waals surface area contributed by atoms with Crippen molar-refractivity contribution < 1.29 is 23.1 Å². The predicted octanol–water partition coefficient (Wildman–Crippen LogP) is 4.65. The van der Waals surface area contributed by atoms with Crippen molar-refractivity contribution in [3.05, 3.63) is 42.1 Å². The van der Waals surface area contributed by atoms with Crippen LogP contribution in [-0.4, -0.2) is 41.7 Å². The van der Waals surface area contributed by atoms with E-state index in [1.165, 1.54) is 22.8 Å². The van der Waals surface area contributed by atoms with Gasteiger partial charge in [0.05, 0.1) is 12.1 Å². The number of nitrogens with zero attached hydrogens (tertiary/aromatic N) is 4. The van der Waals surface area contributed by atoms with Gasteiger partial charge in [0.15, 0.2) is 11.6 Å². The molecule has 0 amide bonds. The van der Waals surface area contributed by atoms with Gasteiger partial charge in [0.1, 0.15) is 17.0 Å². The van der Waals surface area contributed by atoms with Crippen molar-refractivity contribution in [3.63, 3.8) is 0 Å². The Kier molecular flexibility index (Phi) is 4.75. The molecule has 8 nitrogen and oxygen atoms in total. The van der Waals surface area contributed by atoms with Crippen LogP contribution < -0.4 is 5.32 Å². The zero-order valence-electron chi connectivity index (χ0n) is 17.9. The van der Waals surface area contributed by atoms with E-state index in [2.05, 4.69) is 25.4 Å². The van der Waals surface area contributed by atoms with E-state index >= 15 is 0 Å². The number of hydrogen-bond donors (Lipinski definition) is 3. The Morgan fingerprint density at radius 3 is 2.71 bits per heavy atom. The van der Waals surface area contributed by atoms with E-state index < -0.39 is 24.1 Å². The number of nitrogens with one attached hydrogen (secondary N) is 2. The smallest absolute Gasteiger partial charge is 0.308 e. The van der Waals surface area contributed by atoms with Gasteiger partial charge in [-0.1, -0.05) is 0 Å². The van der Waals surface area contributed by atoms with Crippen LogP contribution in [0.25, 0.3) is 27.9 Å². The average molecular weight is 470 g/mol. The van der Waals surface area contributed by atoms with E-state index in [0.717, 1.165) is 31.9 Å². The number of alkyl halides is 2. The number of halogens is 3. The second-order valence-electron chi connectivity index (χ2n) is 9.15. The highest BCUT2D eigenvalue weighted by Crippen LogP contribution is 2.46. The summed E-state index contributed by atoms with van der Waals surface area (Å²) < 4.78 is 42.2. The topological polar surface area (TPSA) is 108 Å². The minimum atomic E-state index is -2.71. The Labute approximate surface area is 191 Å². The third-order valence-corrected chi connectivity index (χ3v) is 7.28. The molecule has 0 aliphatic heterocycles. The highest BCUT2D eigenvalue weighted by Gasteiger charge is 2.47. The molecule has 3 N–H and O–H groups in total. The lowest BCUT2D eigenvalue weighted by atomic mass is 9.61. The van der Waals surface area contributed by atoms with Crippen molar-refractivity contribution in [1.29, 1.82) is 0 Å². The summed E-state index contributed by atoms with van der Waals surface area (Å²) in [6.45, 7) is 0. The van der Waals surface area contributed by atoms with Crippen molar-refractivity contribution in [2.24, 2.45) is 17.8 Å². The molecule has 0 radical (unpaired) electrons. The van der Waals surface area contributed by atoms with Gasteiger partial charge in [0.25, 0.3) is 6.43 Å². The molecule has 3 saturated carbocycles. The summed E-state index contributed by atoms with van der Waals surface area (Å²) in [6.07, 6.45) is 4.77. The third-order valence-electron chi connectivity index (χ3n) is 7.28. The maximum Gasteiger partial charge on any atom is 0.308 e. The van der Waals surface area contributed by atoms with E-state index in [1.807, 2.05) is 0 Å². The first-order valence-corrected chi connectivity index (χ1v) is 11.2. The molecule has 0 spiro atoms. The standard InChI is InChI=1S/C23H21F3N6O2/c24-13-6-14-15(8-28-20(14)27-7-13)21-30-22(16-5-12(19(25)26)9-32(16)31-21)29-18-11-3-1-10(2-4-11)17(18)23(33)34/h5-11,17-19H,1-4H2,(H,27,28)(H,33,34)(H,29,30,31)/t10-,11+,17-,18-/m0/s1. The summed E-state index contributed by atoms with van der Waals surface area (Å²) in [5, 5.41) is 18.1. The van der Waals surface area contributed by atoms with E-state index in [-0.39, 0.29) is 35.1 Å². The first kappa shape index (κ1) is 20.9. The molecule has 0 saturated heterocycles. The average Bonchev–Trinajstić information content (AvgIpc) is 3.43. The molecule has 7 rings (SSSR count). The molecule has 4 aromatic heterocycles. The van der Waals surface area contributed by atoms with Gasteiger partial charge >= 0.3 is 5.97 Å². The highest BCUT2D eigenvalue weighted by molar-refractivity contribution is 5.92. The van der Waals surface area contributed by atoms with Crippen LogP contribution in [0.2, 0.25) is 0 Å². The Bertz CT molecular complexity index is 1410. The number of pyridine rings is 1. The number of H-pyrrole nitrogens is 1. The maximum atomic E-state index is 13.9. The van der Waals surface area contributed by atoms with Gasteiger partial charge in [-0.05, 0) is 49.7 Å². The van der Waals surface area contributed by atoms with Gasteiger partial charge in [-0.2, -0.15) is 0 Å². The van der Waals surface area contributed by atoms with Crippen LogP contribution in [0.3, 0.4) is 0 Å². The number of aromatic nitrogens is 5. The monoisotopic (exact) mass is 470 g/mol. The molecule has 0 unspecified atom stereocenters. The summed E-state index contributed by atoms with van der Waals surface area (Å²) in [6, 6.07) is 2.24. The number of fused-ring (bicyclic) bond motifs is 5. The Hall–Kier alpha value is -3.63. The van der Waals surface area contributed by atoms with Crippen LogP contribution in [-0.2, 0) is 4.79 Å². The SMILES string of the molecule is O=C(O)[C@H]1[C@H]2CC[C@H](CC2)[C@@H]1Nc1nc(-c2c[nH]c3ncc(F)cc23)nn2cc(C(F)F)cc12. The third kappa shape index (κ3) is 3.29. The molecule has 2 atom stereocenters. The molecule has 3 aliphatic rings. The quantitative estimate of drug-likeness (QED) is 0.392. The summed E-state index contributed by atoms with van der Waals surface area (Å²) in [5.74, 6) is -1.29. The summed E-state index contributed by atoms with van der Waals surface area (Å²) in [5.41, 5.74) is 1.000. The molecule has 4 aromatic rings. The number of carboxylic acids is 1. The number of carboxylic acid groups (broad SMARTS) is 1. The van der Waals surface area contributed by atoms with Gasteiger partial charge in [0.2, 0.25) is 0 Å². The van der Waals surface area contributed by atoms with E-state index in [0.29, 0.717) is 22.1 Å². The van der Waals surface area contributed by atoms with Crippen molar-refractivity contribution >= 4 is 28.3 Å². The highest BCUT2D eigenvalue weighted by atomic mass is 19.3. The molecule has 3 fully saturated rings. The lowest BCUT2D eigenvalue weighted by molar-refractivity contribution is -0.148. The van der Waals surface area contributed by atoms with Crippen molar-refractivity contribution in [1.82, 2.24) is 24.6 Å². The number of anilines is 1. The summed E-state index contributed by atoms with van der Waals surface area (Å²) in [4.78, 5) is 23.7. The molecular formula is C23H21F3N6O2. The molecular weight excluding hydrogens is 449 g/mol. The van der Waals surface area contributed by atoms with Gasteiger partial charge < -0.3 is 15.4 Å². The lowest BCUT2D eigenvalue weighted by Crippen LogP contribution is -2.51. The number of rotatable bonds is 5. The number of aromatic amines is 1. The Balaban J connectivity index is 1.50. The van der Waals surface area contributed by atoms with Crippen molar-refractivity contribution in [2.75, 3.05) is 5.32 Å². The van der Waals surface area contributed by atoms with Gasteiger partial charge in [-0.3, -0.25) is 4.79 Å². The number of aliphatic carboxylic acids is 1. The molecule has 176 valence electrons. The second kappa shape index (κ2) is 7.71. The zero-order valence-corrected chi connectivity index (χ0v) is 17.9. The fourth-order valence-electron chi connectivity index (χ4n) is 5.69. The molecule has 3 aliphatic carbocycles. The van der Waals surface area contributed by atoms with Crippen LogP contribution in [0.1, 0.15) is 37.7 Å². The van der Waals surface area contributed by atoms with E-state index in [1.54, 1.807) is 6.20 Å². The van der Waals surface area contributed by atoms with Gasteiger partial charge in [0, 0.05) is 34.9 Å². The van der Waals surface area contributed by atoms with Crippen molar-refractivity contribution in [3.8, 4) is 11.4 Å². The van der Waals surface area contributed by atoms with Crippen molar-refractivity contribution in [2.45, 2.75) is 38.2 Å². The van der Waals surface area contributed by atoms with Crippen LogP contribution in [0.5, 0.6) is 0 Å². The maximum absolute atomic E-state index is 13.9. The van der Waals surface area contributed by atoms with Crippen LogP contribution in [0, 0.1) is 23.6 Å². The largest absolute Gasteiger partial charge is 0.481 e. The molecule has 34 heavy (non-hydrogen) atoms. The Morgan fingerprint density at radius 2 is 1.97 bits per heavy atom. The van der Waals surface area contributed by atoms with Gasteiger partial charge in [-0.15, -0.1) is 5.10 Å². The number of carbonyl (C=O) groups is 1. The molecule has 11 heteroatoms. The van der Waals surface area contributed by atoms with E-state index in [4.69, 9.17) is 0 Å².